The van der Waals surface area contributed by atoms with Crippen LogP contribution in [-0.4, -0.2) is 60.3 Å². The highest BCUT2D eigenvalue weighted by atomic mass is 16.5. The van der Waals surface area contributed by atoms with E-state index in [1.165, 1.54) is 4.90 Å². The minimum atomic E-state index is -1.19. The molecule has 8 heteroatoms. The van der Waals surface area contributed by atoms with Gasteiger partial charge in [0.15, 0.2) is 0 Å². The second kappa shape index (κ2) is 8.46. The molecule has 120 valence electrons. The van der Waals surface area contributed by atoms with Crippen LogP contribution in [0.4, 0.5) is 4.79 Å². The number of hydrogen-bond acceptors (Lipinski definition) is 4. The van der Waals surface area contributed by atoms with Crippen molar-refractivity contribution in [2.24, 2.45) is 5.73 Å². The number of nitrogens with zero attached hydrogens (tertiary/aromatic N) is 1. The third-order valence-corrected chi connectivity index (χ3v) is 3.37. The molecular weight excluding hydrogens is 278 g/mol. The van der Waals surface area contributed by atoms with E-state index in [2.05, 4.69) is 5.32 Å². The molecule has 1 fully saturated rings. The van der Waals surface area contributed by atoms with Gasteiger partial charge in [0.1, 0.15) is 6.04 Å². The van der Waals surface area contributed by atoms with Gasteiger partial charge in [-0.1, -0.05) is 0 Å². The zero-order chi connectivity index (χ0) is 15.8. The smallest absolute Gasteiger partial charge is 0.326 e. The van der Waals surface area contributed by atoms with Crippen molar-refractivity contribution in [2.75, 3.05) is 20.2 Å². The number of carbonyl (C=O) groups is 3. The van der Waals surface area contributed by atoms with Gasteiger partial charge in [-0.05, 0) is 25.7 Å². The molecule has 2 atom stereocenters. The molecule has 0 bridgehead atoms. The van der Waals surface area contributed by atoms with E-state index in [1.807, 2.05) is 0 Å². The molecule has 3 amide bonds. The van der Waals surface area contributed by atoms with Crippen LogP contribution in [0.1, 0.15) is 32.1 Å². The number of hydrogen-bond donors (Lipinski definition) is 3. The number of likely N-dealkylation sites (N-methyl/N-ethyl adjacent to an activating group) is 1. The molecule has 4 N–H and O–H groups in total. The van der Waals surface area contributed by atoms with Gasteiger partial charge in [-0.2, -0.15) is 0 Å². The van der Waals surface area contributed by atoms with Crippen LogP contribution in [0.25, 0.3) is 0 Å². The lowest BCUT2D eigenvalue weighted by molar-refractivity contribution is -0.139. The van der Waals surface area contributed by atoms with Gasteiger partial charge in [-0.25, -0.2) is 9.59 Å². The third-order valence-electron chi connectivity index (χ3n) is 3.37. The summed E-state index contributed by atoms with van der Waals surface area (Å²) in [6, 6.07) is -1.62. The van der Waals surface area contributed by atoms with Crippen LogP contribution in [0.2, 0.25) is 0 Å². The predicted molar refractivity (Wildman–Crippen MR) is 74.6 cm³/mol. The molecular formula is C13H23N3O5. The summed E-state index contributed by atoms with van der Waals surface area (Å²) in [5.74, 6) is -1.79. The van der Waals surface area contributed by atoms with E-state index >= 15 is 0 Å². The number of carboxylic acids is 1. The number of primary amides is 1. The Hall–Kier alpha value is -1.83. The lowest BCUT2D eigenvalue weighted by Gasteiger charge is -2.28. The number of nitrogens with one attached hydrogen (secondary N) is 1. The second-order valence-corrected chi connectivity index (χ2v) is 5.21. The van der Waals surface area contributed by atoms with Crippen molar-refractivity contribution in [1.82, 2.24) is 10.2 Å². The van der Waals surface area contributed by atoms with E-state index in [4.69, 9.17) is 15.6 Å². The van der Waals surface area contributed by atoms with Crippen molar-refractivity contribution in [1.29, 1.82) is 0 Å². The van der Waals surface area contributed by atoms with E-state index < -0.39 is 23.9 Å². The number of nitrogens with two attached hydrogens (primary N) is 1. The lowest BCUT2D eigenvalue weighted by atomic mass is 10.1. The summed E-state index contributed by atoms with van der Waals surface area (Å²) >= 11 is 0. The average molecular weight is 301 g/mol. The first-order valence-electron chi connectivity index (χ1n) is 7.04. The zero-order valence-electron chi connectivity index (χ0n) is 12.2. The minimum absolute atomic E-state index is 0.0107. The second-order valence-electron chi connectivity index (χ2n) is 5.21. The number of urea groups is 1. The van der Waals surface area contributed by atoms with Gasteiger partial charge in [0.25, 0.3) is 0 Å². The minimum Gasteiger partial charge on any atom is -0.480 e. The number of rotatable bonds is 7. The molecule has 2 unspecified atom stereocenters. The molecule has 0 spiro atoms. The van der Waals surface area contributed by atoms with E-state index in [0.717, 1.165) is 19.3 Å². The van der Waals surface area contributed by atoms with E-state index in [0.29, 0.717) is 13.2 Å². The molecule has 0 saturated carbocycles. The summed E-state index contributed by atoms with van der Waals surface area (Å²) in [7, 11) is 1.58. The molecule has 0 aliphatic carbocycles. The molecule has 0 aromatic rings. The van der Waals surface area contributed by atoms with Crippen LogP contribution in [0.5, 0.6) is 0 Å². The van der Waals surface area contributed by atoms with Crippen LogP contribution in [0, 0.1) is 0 Å². The first kappa shape index (κ1) is 17.2. The highest BCUT2D eigenvalue weighted by Gasteiger charge is 2.24. The number of carboxylic acid groups (broad SMARTS) is 1. The van der Waals surface area contributed by atoms with Crippen LogP contribution >= 0.6 is 0 Å². The van der Waals surface area contributed by atoms with Gasteiger partial charge in [-0.15, -0.1) is 0 Å². The maximum Gasteiger partial charge on any atom is 0.326 e. The number of amides is 3. The summed E-state index contributed by atoms with van der Waals surface area (Å²) in [4.78, 5) is 35.1. The van der Waals surface area contributed by atoms with Gasteiger partial charge >= 0.3 is 12.0 Å². The Morgan fingerprint density at radius 2 is 2.14 bits per heavy atom. The molecule has 21 heavy (non-hydrogen) atoms. The Labute approximate surface area is 123 Å². The fourth-order valence-electron chi connectivity index (χ4n) is 2.14. The summed E-state index contributed by atoms with van der Waals surface area (Å²) in [6.07, 6.45) is 2.86. The Balaban J connectivity index is 2.43. The fraction of sp³-hybridized carbons (Fsp3) is 0.769. The highest BCUT2D eigenvalue weighted by Crippen LogP contribution is 2.13. The molecule has 0 aromatic heterocycles. The van der Waals surface area contributed by atoms with Crippen LogP contribution in [0.3, 0.4) is 0 Å². The number of carbonyl (C=O) groups excluding carboxylic acids is 2. The van der Waals surface area contributed by atoms with E-state index in [9.17, 15) is 14.4 Å². The molecule has 1 rings (SSSR count). The van der Waals surface area contributed by atoms with Crippen molar-refractivity contribution in [3.63, 3.8) is 0 Å². The number of ether oxygens (including phenoxy) is 1. The molecule has 1 aliphatic rings. The van der Waals surface area contributed by atoms with Crippen molar-refractivity contribution in [2.45, 2.75) is 44.2 Å². The first-order chi connectivity index (χ1) is 9.90. The highest BCUT2D eigenvalue weighted by molar-refractivity contribution is 5.83. The number of aliphatic carboxylic acids is 1. The summed E-state index contributed by atoms with van der Waals surface area (Å²) in [5, 5.41) is 11.4. The third kappa shape index (κ3) is 6.44. The first-order valence-corrected chi connectivity index (χ1v) is 7.04. The standard InChI is InChI=1S/C13H23N3O5/c1-16(8-9-4-2-3-7-21-9)13(20)15-10(12(18)19)5-6-11(14)17/h9-10H,2-8H2,1H3,(H2,14,17)(H,15,20)(H,18,19). The topological polar surface area (TPSA) is 122 Å². The summed E-state index contributed by atoms with van der Waals surface area (Å²) in [5.41, 5.74) is 4.98. The predicted octanol–water partition coefficient (Wildman–Crippen LogP) is -0.0844. The molecule has 8 nitrogen and oxygen atoms in total. The largest absolute Gasteiger partial charge is 0.480 e. The van der Waals surface area contributed by atoms with E-state index in [-0.39, 0.29) is 18.9 Å². The molecule has 1 saturated heterocycles. The molecule has 0 radical (unpaired) electrons. The van der Waals surface area contributed by atoms with Gasteiger partial charge in [0.2, 0.25) is 5.91 Å². The molecule has 1 aliphatic heterocycles. The molecule has 0 aromatic carbocycles. The van der Waals surface area contributed by atoms with Crippen LogP contribution in [-0.2, 0) is 14.3 Å². The fourth-order valence-corrected chi connectivity index (χ4v) is 2.14. The van der Waals surface area contributed by atoms with Gasteiger partial charge in [-0.3, -0.25) is 4.79 Å². The van der Waals surface area contributed by atoms with Gasteiger partial charge < -0.3 is 25.8 Å². The monoisotopic (exact) mass is 301 g/mol. The quantitative estimate of drug-likeness (QED) is 0.607. The van der Waals surface area contributed by atoms with Gasteiger partial charge in [0.05, 0.1) is 6.10 Å². The normalized spacial score (nSPS) is 19.6. The van der Waals surface area contributed by atoms with Crippen molar-refractivity contribution in [3.05, 3.63) is 0 Å². The maximum atomic E-state index is 12.0. The summed E-state index contributed by atoms with van der Waals surface area (Å²) < 4.78 is 5.53. The maximum absolute atomic E-state index is 12.0. The van der Waals surface area contributed by atoms with Crippen LogP contribution < -0.4 is 11.1 Å². The lowest BCUT2D eigenvalue weighted by Crippen LogP contribution is -2.49. The summed E-state index contributed by atoms with van der Waals surface area (Å²) in [6.45, 7) is 1.10. The van der Waals surface area contributed by atoms with Gasteiger partial charge in [0, 0.05) is 26.6 Å². The van der Waals surface area contributed by atoms with Crippen molar-refractivity contribution < 1.29 is 24.2 Å². The SMILES string of the molecule is CN(CC1CCCCO1)C(=O)NC(CCC(N)=O)C(=O)O. The Morgan fingerprint density at radius 1 is 1.43 bits per heavy atom. The Morgan fingerprint density at radius 3 is 2.67 bits per heavy atom. The van der Waals surface area contributed by atoms with E-state index in [1.54, 1.807) is 7.05 Å². The molecule has 1 heterocycles. The van der Waals surface area contributed by atoms with Crippen LogP contribution in [0.15, 0.2) is 0 Å². The van der Waals surface area contributed by atoms with Crippen molar-refractivity contribution >= 4 is 17.9 Å². The Kier molecular flexibility index (Phi) is 6.93. The van der Waals surface area contributed by atoms with Crippen molar-refractivity contribution in [3.8, 4) is 0 Å². The average Bonchev–Trinajstić information content (AvgIpc) is 2.43. The Bertz CT molecular complexity index is 382. The zero-order valence-corrected chi connectivity index (χ0v) is 12.2.